The third kappa shape index (κ3) is 3.82. The fourth-order valence-corrected chi connectivity index (χ4v) is 4.81. The van der Waals surface area contributed by atoms with Crippen LogP contribution >= 0.6 is 11.6 Å². The predicted octanol–water partition coefficient (Wildman–Crippen LogP) is 0.941. The van der Waals surface area contributed by atoms with Crippen LogP contribution in [-0.2, 0) is 20.6 Å². The van der Waals surface area contributed by atoms with Gasteiger partial charge >= 0.3 is 0 Å². The van der Waals surface area contributed by atoms with Crippen molar-refractivity contribution in [2.24, 2.45) is 5.92 Å². The number of aliphatic hydroxyl groups excluding tert-OH is 4. The zero-order chi connectivity index (χ0) is 19.9. The highest BCUT2D eigenvalue weighted by molar-refractivity contribution is 6.31. The van der Waals surface area contributed by atoms with Gasteiger partial charge in [0.1, 0.15) is 30.5 Å². The van der Waals surface area contributed by atoms with Crippen molar-refractivity contribution in [3.05, 3.63) is 34.3 Å². The Morgan fingerprint density at radius 2 is 1.82 bits per heavy atom. The molecule has 4 rings (SSSR count). The molecule has 156 valence electrons. The normalized spacial score (nSPS) is 37.6. The van der Waals surface area contributed by atoms with Crippen molar-refractivity contribution in [1.29, 1.82) is 0 Å². The first-order valence-corrected chi connectivity index (χ1v) is 10.2. The molecule has 2 saturated heterocycles. The van der Waals surface area contributed by atoms with Crippen LogP contribution in [0.15, 0.2) is 18.2 Å². The van der Waals surface area contributed by atoms with Crippen molar-refractivity contribution in [2.45, 2.75) is 62.0 Å². The van der Waals surface area contributed by atoms with E-state index in [2.05, 4.69) is 0 Å². The molecular formula is C20H27ClO7. The van der Waals surface area contributed by atoms with Crippen LogP contribution in [0.4, 0.5) is 0 Å². The van der Waals surface area contributed by atoms with Gasteiger partial charge in [-0.1, -0.05) is 23.7 Å². The summed E-state index contributed by atoms with van der Waals surface area (Å²) in [7, 11) is 0. The van der Waals surface area contributed by atoms with Crippen molar-refractivity contribution in [3.8, 4) is 0 Å². The van der Waals surface area contributed by atoms with Gasteiger partial charge in [-0.3, -0.25) is 0 Å². The molecule has 0 radical (unpaired) electrons. The largest absolute Gasteiger partial charge is 0.394 e. The number of hydrogen-bond acceptors (Lipinski definition) is 7. The van der Waals surface area contributed by atoms with Crippen molar-refractivity contribution < 1.29 is 34.6 Å². The molecule has 4 N–H and O–H groups in total. The third-order valence-electron chi connectivity index (χ3n) is 6.15. The highest BCUT2D eigenvalue weighted by atomic mass is 35.5. The number of aliphatic hydroxyl groups is 4. The Kier molecular flexibility index (Phi) is 5.98. The highest BCUT2D eigenvalue weighted by Gasteiger charge is 2.45. The van der Waals surface area contributed by atoms with E-state index in [4.69, 9.17) is 25.8 Å². The molecule has 2 aliphatic heterocycles. The lowest BCUT2D eigenvalue weighted by atomic mass is 9.89. The van der Waals surface area contributed by atoms with Crippen LogP contribution in [0.25, 0.3) is 0 Å². The average Bonchev–Trinajstić information content (AvgIpc) is 3.32. The molecule has 0 amide bonds. The summed E-state index contributed by atoms with van der Waals surface area (Å²) >= 11 is 6.41. The van der Waals surface area contributed by atoms with E-state index in [1.807, 2.05) is 6.07 Å². The predicted molar refractivity (Wildman–Crippen MR) is 99.9 cm³/mol. The van der Waals surface area contributed by atoms with Gasteiger partial charge in [-0.25, -0.2) is 0 Å². The Morgan fingerprint density at radius 1 is 1.07 bits per heavy atom. The maximum absolute atomic E-state index is 10.4. The molecule has 1 aliphatic carbocycles. The van der Waals surface area contributed by atoms with Crippen LogP contribution in [0.1, 0.15) is 36.5 Å². The summed E-state index contributed by atoms with van der Waals surface area (Å²) in [5, 5.41) is 40.4. The maximum Gasteiger partial charge on any atom is 0.168 e. The zero-order valence-corrected chi connectivity index (χ0v) is 16.3. The van der Waals surface area contributed by atoms with Crippen molar-refractivity contribution in [1.82, 2.24) is 0 Å². The second-order valence-electron chi connectivity index (χ2n) is 8.02. The first-order valence-electron chi connectivity index (χ1n) is 9.79. The van der Waals surface area contributed by atoms with E-state index in [1.54, 1.807) is 12.1 Å². The summed E-state index contributed by atoms with van der Waals surface area (Å²) in [6.07, 6.45) is -2.43. The Morgan fingerprint density at radius 3 is 2.54 bits per heavy atom. The van der Waals surface area contributed by atoms with Crippen molar-refractivity contribution >= 4 is 11.6 Å². The zero-order valence-electron chi connectivity index (χ0n) is 15.5. The lowest BCUT2D eigenvalue weighted by Crippen LogP contribution is -2.55. The lowest BCUT2D eigenvalue weighted by Gasteiger charge is -2.40. The van der Waals surface area contributed by atoms with E-state index in [-0.39, 0.29) is 0 Å². The summed E-state index contributed by atoms with van der Waals surface area (Å²) in [5.74, 6) is -0.0629. The molecule has 8 heteroatoms. The molecular weight excluding hydrogens is 388 g/mol. The molecule has 7 nitrogen and oxygen atoms in total. The molecule has 1 aromatic rings. The highest BCUT2D eigenvalue weighted by Crippen LogP contribution is 2.43. The van der Waals surface area contributed by atoms with E-state index >= 15 is 0 Å². The summed E-state index contributed by atoms with van der Waals surface area (Å²) in [6, 6.07) is 5.36. The molecule has 28 heavy (non-hydrogen) atoms. The van der Waals surface area contributed by atoms with Gasteiger partial charge in [-0.15, -0.1) is 0 Å². The molecule has 2 heterocycles. The Bertz CT molecular complexity index is 691. The summed E-state index contributed by atoms with van der Waals surface area (Å²) in [5.41, 5.74) is 1.58. The number of benzene rings is 1. The van der Waals surface area contributed by atoms with Gasteiger partial charge in [0.25, 0.3) is 0 Å². The molecule has 6 atom stereocenters. The van der Waals surface area contributed by atoms with Crippen LogP contribution in [0.2, 0.25) is 5.02 Å². The number of rotatable bonds is 4. The van der Waals surface area contributed by atoms with E-state index < -0.39 is 42.9 Å². The van der Waals surface area contributed by atoms with Crippen molar-refractivity contribution in [2.75, 3.05) is 19.8 Å². The fraction of sp³-hybridized carbons (Fsp3) is 0.700. The van der Waals surface area contributed by atoms with Gasteiger partial charge < -0.3 is 34.6 Å². The smallest absolute Gasteiger partial charge is 0.168 e. The number of hydrogen-bond donors (Lipinski definition) is 4. The van der Waals surface area contributed by atoms with Crippen LogP contribution in [0, 0.1) is 5.92 Å². The Labute approximate surface area is 168 Å². The maximum atomic E-state index is 10.4. The van der Waals surface area contributed by atoms with Gasteiger partial charge in [0.05, 0.1) is 19.8 Å². The first-order chi connectivity index (χ1) is 13.4. The summed E-state index contributed by atoms with van der Waals surface area (Å²) in [6.45, 7) is 0.826. The van der Waals surface area contributed by atoms with Gasteiger partial charge in [-0.05, 0) is 36.0 Å². The average molecular weight is 415 g/mol. The summed E-state index contributed by atoms with van der Waals surface area (Å²) < 4.78 is 17.3. The lowest BCUT2D eigenvalue weighted by molar-refractivity contribution is -0.231. The van der Waals surface area contributed by atoms with Gasteiger partial charge in [-0.2, -0.15) is 0 Å². The Balaban J connectivity index is 1.51. The molecule has 0 aromatic heterocycles. The second kappa shape index (κ2) is 8.16. The van der Waals surface area contributed by atoms with Crippen LogP contribution < -0.4 is 0 Å². The van der Waals surface area contributed by atoms with Gasteiger partial charge in [0.2, 0.25) is 0 Å². The quantitative estimate of drug-likeness (QED) is 0.580. The molecule has 1 aromatic carbocycles. The van der Waals surface area contributed by atoms with Crippen molar-refractivity contribution in [3.63, 3.8) is 0 Å². The van der Waals surface area contributed by atoms with E-state index in [9.17, 15) is 20.4 Å². The van der Waals surface area contributed by atoms with Gasteiger partial charge in [0.15, 0.2) is 5.79 Å². The minimum atomic E-state index is -1.40. The van der Waals surface area contributed by atoms with E-state index in [0.29, 0.717) is 29.7 Å². The minimum absolute atomic E-state index is 0.376. The molecule has 3 fully saturated rings. The Hall–Kier alpha value is -0.770. The van der Waals surface area contributed by atoms with Crippen LogP contribution in [0.5, 0.6) is 0 Å². The topological polar surface area (TPSA) is 109 Å². The second-order valence-corrected chi connectivity index (χ2v) is 8.43. The standard InChI is InChI=1S/C20H27ClO7/c21-14-2-1-12(19-18(25)17(24)16(23)15(10-22)28-19)8-13(14)7-11-3-4-20(9-11)26-5-6-27-20/h1-2,8,11,15-19,22-25H,3-7,9-10H2/t11?,15-,16-,17+,18-,19+/m1/s1. The van der Waals surface area contributed by atoms with E-state index in [0.717, 1.165) is 31.2 Å². The first kappa shape index (κ1) is 20.5. The molecule has 3 aliphatic rings. The molecule has 1 spiro atoms. The minimum Gasteiger partial charge on any atom is -0.394 e. The molecule has 0 bridgehead atoms. The SMILES string of the molecule is OC[C@H]1O[C@@H](c2ccc(Cl)c(CC3CCC4(C3)OCCO4)c2)[C@H](O)[C@@H](O)[C@@H]1O. The van der Waals surface area contributed by atoms with Crippen LogP contribution in [0.3, 0.4) is 0 Å². The van der Waals surface area contributed by atoms with Gasteiger partial charge in [0, 0.05) is 17.9 Å². The number of ether oxygens (including phenoxy) is 3. The molecule has 1 saturated carbocycles. The van der Waals surface area contributed by atoms with E-state index in [1.165, 1.54) is 0 Å². The summed E-state index contributed by atoms with van der Waals surface area (Å²) in [4.78, 5) is 0. The third-order valence-corrected chi connectivity index (χ3v) is 6.51. The molecule has 1 unspecified atom stereocenters. The van der Waals surface area contributed by atoms with Crippen LogP contribution in [-0.4, -0.2) is 70.4 Å². The number of halogens is 1. The fourth-order valence-electron chi connectivity index (χ4n) is 4.62. The monoisotopic (exact) mass is 414 g/mol.